The van der Waals surface area contributed by atoms with E-state index in [-0.39, 0.29) is 11.8 Å². The Morgan fingerprint density at radius 2 is 2.32 bits per heavy atom. The number of rotatable bonds is 3. The van der Waals surface area contributed by atoms with Crippen molar-refractivity contribution in [3.8, 4) is 11.3 Å². The molecule has 0 radical (unpaired) electrons. The summed E-state index contributed by atoms with van der Waals surface area (Å²) in [6.45, 7) is 2.62. The molecule has 1 aromatic carbocycles. The van der Waals surface area contributed by atoms with E-state index in [1.54, 1.807) is 4.90 Å². The third-order valence-corrected chi connectivity index (χ3v) is 3.25. The highest BCUT2D eigenvalue weighted by molar-refractivity contribution is 6.01. The van der Waals surface area contributed by atoms with Crippen molar-refractivity contribution in [2.75, 3.05) is 11.4 Å². The summed E-state index contributed by atoms with van der Waals surface area (Å²) in [7, 11) is 0. The van der Waals surface area contributed by atoms with Crippen LogP contribution in [0.5, 0.6) is 0 Å². The van der Waals surface area contributed by atoms with Crippen LogP contribution >= 0.6 is 0 Å². The summed E-state index contributed by atoms with van der Waals surface area (Å²) in [5, 5.41) is 0. The standard InChI is InChI=1S/C14H12N2O3/c1-2-16-12-4-3-9(5-10(12)6-14(16)18)11-8-19-13(7-17)15-11/h3-5,7-8H,2,6H2,1H3. The molecule has 3 rings (SSSR count). The highest BCUT2D eigenvalue weighted by Crippen LogP contribution is 2.32. The molecule has 1 amide bonds. The van der Waals surface area contributed by atoms with Gasteiger partial charge in [0.15, 0.2) is 0 Å². The van der Waals surface area contributed by atoms with Crippen LogP contribution in [0.1, 0.15) is 23.2 Å². The molecular formula is C14H12N2O3. The maximum atomic E-state index is 11.8. The van der Waals surface area contributed by atoms with Crippen molar-refractivity contribution in [2.24, 2.45) is 0 Å². The highest BCUT2D eigenvalue weighted by atomic mass is 16.3. The Morgan fingerprint density at radius 3 is 3.00 bits per heavy atom. The predicted octanol–water partition coefficient (Wildman–Crippen LogP) is 2.06. The van der Waals surface area contributed by atoms with Crippen molar-refractivity contribution in [1.29, 1.82) is 0 Å². The van der Waals surface area contributed by atoms with Crippen LogP contribution in [0.4, 0.5) is 5.69 Å². The fourth-order valence-corrected chi connectivity index (χ4v) is 2.36. The SMILES string of the molecule is CCN1C(=O)Cc2cc(-c3coc(C=O)n3)ccc21. The van der Waals surface area contributed by atoms with Gasteiger partial charge in [-0.3, -0.25) is 9.59 Å². The molecule has 0 aliphatic carbocycles. The number of benzene rings is 1. The van der Waals surface area contributed by atoms with Gasteiger partial charge in [-0.15, -0.1) is 0 Å². The van der Waals surface area contributed by atoms with Gasteiger partial charge in [0.25, 0.3) is 5.89 Å². The molecule has 0 fully saturated rings. The summed E-state index contributed by atoms with van der Waals surface area (Å²) < 4.78 is 4.99. The number of oxazole rings is 1. The molecule has 1 aliphatic rings. The number of fused-ring (bicyclic) bond motifs is 1. The van der Waals surface area contributed by atoms with E-state index in [1.807, 2.05) is 25.1 Å². The fourth-order valence-electron chi connectivity index (χ4n) is 2.36. The number of aldehydes is 1. The molecule has 0 unspecified atom stereocenters. The molecule has 2 aromatic rings. The van der Waals surface area contributed by atoms with Crippen molar-refractivity contribution >= 4 is 17.9 Å². The Bertz CT molecular complexity index is 660. The summed E-state index contributed by atoms with van der Waals surface area (Å²) in [6.07, 6.45) is 2.43. The van der Waals surface area contributed by atoms with E-state index in [0.717, 1.165) is 16.8 Å². The number of hydrogen-bond acceptors (Lipinski definition) is 4. The fraction of sp³-hybridized carbons (Fsp3) is 0.214. The second-order valence-corrected chi connectivity index (χ2v) is 4.35. The van der Waals surface area contributed by atoms with Crippen LogP contribution in [0.25, 0.3) is 11.3 Å². The Labute approximate surface area is 109 Å². The zero-order valence-corrected chi connectivity index (χ0v) is 10.4. The maximum absolute atomic E-state index is 11.8. The van der Waals surface area contributed by atoms with E-state index >= 15 is 0 Å². The minimum absolute atomic E-state index is 0.0572. The van der Waals surface area contributed by atoms with E-state index < -0.39 is 0 Å². The first kappa shape index (κ1) is 11.6. The van der Waals surface area contributed by atoms with E-state index in [2.05, 4.69) is 4.98 Å². The van der Waals surface area contributed by atoms with E-state index in [9.17, 15) is 9.59 Å². The first-order chi connectivity index (χ1) is 9.22. The molecule has 0 N–H and O–H groups in total. The number of aromatic nitrogens is 1. The van der Waals surface area contributed by atoms with Crippen molar-refractivity contribution in [3.63, 3.8) is 0 Å². The van der Waals surface area contributed by atoms with Crippen LogP contribution in [-0.2, 0) is 11.2 Å². The third kappa shape index (κ3) is 1.83. The van der Waals surface area contributed by atoms with Gasteiger partial charge in [-0.1, -0.05) is 6.07 Å². The zero-order valence-electron chi connectivity index (χ0n) is 10.4. The summed E-state index contributed by atoms with van der Waals surface area (Å²) in [6, 6.07) is 5.72. The molecule has 1 aliphatic heterocycles. The lowest BCUT2D eigenvalue weighted by Gasteiger charge is -2.14. The number of carbonyl (C=O) groups is 2. The van der Waals surface area contributed by atoms with E-state index in [4.69, 9.17) is 4.42 Å². The number of anilines is 1. The van der Waals surface area contributed by atoms with Gasteiger partial charge >= 0.3 is 0 Å². The van der Waals surface area contributed by atoms with Gasteiger partial charge in [0, 0.05) is 17.8 Å². The quantitative estimate of drug-likeness (QED) is 0.788. The molecule has 0 saturated carbocycles. The second-order valence-electron chi connectivity index (χ2n) is 4.35. The number of hydrogen-bond donors (Lipinski definition) is 0. The molecule has 0 saturated heterocycles. The smallest absolute Gasteiger partial charge is 0.260 e. The van der Waals surface area contributed by atoms with Crippen LogP contribution in [0, 0.1) is 0 Å². The van der Waals surface area contributed by atoms with Crippen molar-refractivity contribution in [3.05, 3.63) is 35.9 Å². The molecule has 19 heavy (non-hydrogen) atoms. The topological polar surface area (TPSA) is 63.4 Å². The Hall–Kier alpha value is -2.43. The second kappa shape index (κ2) is 4.35. The summed E-state index contributed by atoms with van der Waals surface area (Å²) in [5.74, 6) is 0.171. The van der Waals surface area contributed by atoms with Crippen LogP contribution in [0.15, 0.2) is 28.9 Å². The molecule has 0 spiro atoms. The van der Waals surface area contributed by atoms with Gasteiger partial charge in [-0.25, -0.2) is 4.98 Å². The van der Waals surface area contributed by atoms with Gasteiger partial charge in [0.2, 0.25) is 12.2 Å². The van der Waals surface area contributed by atoms with Gasteiger partial charge in [-0.2, -0.15) is 0 Å². The molecule has 0 atom stereocenters. The normalized spacial score (nSPS) is 13.7. The monoisotopic (exact) mass is 256 g/mol. The predicted molar refractivity (Wildman–Crippen MR) is 69.1 cm³/mol. The number of carbonyl (C=O) groups excluding carboxylic acids is 2. The Morgan fingerprint density at radius 1 is 1.47 bits per heavy atom. The third-order valence-electron chi connectivity index (χ3n) is 3.25. The lowest BCUT2D eigenvalue weighted by molar-refractivity contribution is -0.117. The lowest BCUT2D eigenvalue weighted by Crippen LogP contribution is -2.25. The molecule has 5 nitrogen and oxygen atoms in total. The van der Waals surface area contributed by atoms with Gasteiger partial charge in [0.05, 0.1) is 6.42 Å². The van der Waals surface area contributed by atoms with E-state index in [0.29, 0.717) is 24.9 Å². The average molecular weight is 256 g/mol. The van der Waals surface area contributed by atoms with Crippen molar-refractivity contribution < 1.29 is 14.0 Å². The molecular weight excluding hydrogens is 244 g/mol. The molecule has 2 heterocycles. The zero-order chi connectivity index (χ0) is 13.4. The van der Waals surface area contributed by atoms with Crippen LogP contribution in [-0.4, -0.2) is 23.7 Å². The Kier molecular flexibility index (Phi) is 2.67. The van der Waals surface area contributed by atoms with Crippen molar-refractivity contribution in [1.82, 2.24) is 4.98 Å². The molecule has 5 heteroatoms. The van der Waals surface area contributed by atoms with Crippen LogP contribution in [0.3, 0.4) is 0 Å². The first-order valence-electron chi connectivity index (χ1n) is 6.07. The van der Waals surface area contributed by atoms with Crippen LogP contribution in [0.2, 0.25) is 0 Å². The Balaban J connectivity index is 2.01. The minimum Gasteiger partial charge on any atom is -0.442 e. The van der Waals surface area contributed by atoms with Gasteiger partial charge in [0.1, 0.15) is 12.0 Å². The van der Waals surface area contributed by atoms with Gasteiger partial charge < -0.3 is 9.32 Å². The van der Waals surface area contributed by atoms with E-state index in [1.165, 1.54) is 6.26 Å². The maximum Gasteiger partial charge on any atom is 0.260 e. The molecule has 0 bridgehead atoms. The lowest BCUT2D eigenvalue weighted by atomic mass is 10.1. The summed E-state index contributed by atoms with van der Waals surface area (Å²) in [5.41, 5.74) is 3.39. The van der Waals surface area contributed by atoms with Gasteiger partial charge in [-0.05, 0) is 24.6 Å². The average Bonchev–Trinajstić information content (AvgIpc) is 3.00. The van der Waals surface area contributed by atoms with Crippen molar-refractivity contribution in [2.45, 2.75) is 13.3 Å². The number of nitrogens with zero attached hydrogens (tertiary/aromatic N) is 2. The van der Waals surface area contributed by atoms with Crippen LogP contribution < -0.4 is 4.90 Å². The molecule has 1 aromatic heterocycles. The number of likely N-dealkylation sites (N-methyl/N-ethyl adjacent to an activating group) is 1. The largest absolute Gasteiger partial charge is 0.442 e. The molecule has 96 valence electrons. The number of amides is 1. The summed E-state index contributed by atoms with van der Waals surface area (Å²) in [4.78, 5) is 28.2. The minimum atomic E-state index is 0.0572. The first-order valence-corrected chi connectivity index (χ1v) is 6.07. The highest BCUT2D eigenvalue weighted by Gasteiger charge is 2.26. The summed E-state index contributed by atoms with van der Waals surface area (Å²) >= 11 is 0.